The summed E-state index contributed by atoms with van der Waals surface area (Å²) in [6, 6.07) is 15.5. The van der Waals surface area contributed by atoms with Crippen LogP contribution >= 0.6 is 15.9 Å². The van der Waals surface area contributed by atoms with Crippen LogP contribution in [0, 0.1) is 6.92 Å². The Kier molecular flexibility index (Phi) is 5.61. The molecule has 0 aliphatic carbocycles. The smallest absolute Gasteiger partial charge is 0.261 e. The summed E-state index contributed by atoms with van der Waals surface area (Å²) < 4.78 is 6.63. The molecule has 2 atom stereocenters. The molecule has 0 aliphatic heterocycles. The van der Waals surface area contributed by atoms with Gasteiger partial charge in [0.15, 0.2) is 6.10 Å². The molecule has 3 nitrogen and oxygen atoms in total. The van der Waals surface area contributed by atoms with Crippen LogP contribution in [-0.2, 0) is 4.79 Å². The Labute approximate surface area is 139 Å². The molecule has 1 N–H and O–H groups in total. The zero-order chi connectivity index (χ0) is 16.1. The minimum absolute atomic E-state index is 0.0518. The van der Waals surface area contributed by atoms with Crippen molar-refractivity contribution < 1.29 is 9.53 Å². The number of aryl methyl sites for hydroxylation is 1. The molecule has 2 aromatic rings. The highest BCUT2D eigenvalue weighted by Crippen LogP contribution is 2.18. The number of carbonyl (C=O) groups is 1. The summed E-state index contributed by atoms with van der Waals surface area (Å²) in [6.07, 6.45) is -0.547. The number of halogens is 1. The summed E-state index contributed by atoms with van der Waals surface area (Å²) in [5, 5.41) is 2.97. The highest BCUT2D eigenvalue weighted by atomic mass is 79.9. The fourth-order valence-electron chi connectivity index (χ4n) is 2.04. The summed E-state index contributed by atoms with van der Waals surface area (Å²) >= 11 is 3.37. The number of carbonyl (C=O) groups excluding carboxylic acids is 1. The van der Waals surface area contributed by atoms with Crippen LogP contribution < -0.4 is 10.1 Å². The molecule has 0 spiro atoms. The Morgan fingerprint density at radius 2 is 1.64 bits per heavy atom. The Bertz CT molecular complexity index is 623. The van der Waals surface area contributed by atoms with E-state index in [1.54, 1.807) is 6.92 Å². The number of benzene rings is 2. The van der Waals surface area contributed by atoms with Crippen molar-refractivity contribution in [1.82, 2.24) is 5.32 Å². The molecule has 22 heavy (non-hydrogen) atoms. The molecule has 0 radical (unpaired) electrons. The highest BCUT2D eigenvalue weighted by molar-refractivity contribution is 9.10. The van der Waals surface area contributed by atoms with Crippen molar-refractivity contribution in [3.63, 3.8) is 0 Å². The molecule has 0 aliphatic rings. The van der Waals surface area contributed by atoms with Gasteiger partial charge in [0, 0.05) is 4.47 Å². The first-order chi connectivity index (χ1) is 10.5. The topological polar surface area (TPSA) is 38.3 Å². The van der Waals surface area contributed by atoms with Crippen LogP contribution in [0.3, 0.4) is 0 Å². The lowest BCUT2D eigenvalue weighted by molar-refractivity contribution is -0.127. The molecular weight excluding hydrogens is 342 g/mol. The number of amides is 1. The van der Waals surface area contributed by atoms with E-state index in [4.69, 9.17) is 4.74 Å². The van der Waals surface area contributed by atoms with Gasteiger partial charge in [-0.2, -0.15) is 0 Å². The van der Waals surface area contributed by atoms with Gasteiger partial charge in [-0.25, -0.2) is 0 Å². The van der Waals surface area contributed by atoms with Gasteiger partial charge >= 0.3 is 0 Å². The van der Waals surface area contributed by atoms with Gasteiger partial charge in [0.1, 0.15) is 5.75 Å². The van der Waals surface area contributed by atoms with Crippen LogP contribution in [0.5, 0.6) is 5.75 Å². The van der Waals surface area contributed by atoms with Crippen molar-refractivity contribution >= 4 is 21.8 Å². The maximum absolute atomic E-state index is 12.2. The van der Waals surface area contributed by atoms with Crippen molar-refractivity contribution in [2.45, 2.75) is 32.9 Å². The Morgan fingerprint density at radius 3 is 2.23 bits per heavy atom. The van der Waals surface area contributed by atoms with E-state index in [0.717, 1.165) is 10.0 Å². The van der Waals surface area contributed by atoms with Crippen molar-refractivity contribution in [2.24, 2.45) is 0 Å². The van der Waals surface area contributed by atoms with Crippen LogP contribution in [0.2, 0.25) is 0 Å². The Hall–Kier alpha value is -1.81. The Balaban J connectivity index is 1.93. The average molecular weight is 362 g/mol. The third kappa shape index (κ3) is 4.60. The van der Waals surface area contributed by atoms with Crippen molar-refractivity contribution in [1.29, 1.82) is 0 Å². The first kappa shape index (κ1) is 16.6. The SMILES string of the molecule is Cc1ccc([C@@H](C)NC(=O)[C@@H](C)Oc2ccc(Br)cc2)cc1. The third-order valence-corrected chi connectivity index (χ3v) is 3.96. The first-order valence-corrected chi connectivity index (χ1v) is 8.04. The zero-order valence-corrected chi connectivity index (χ0v) is 14.6. The predicted molar refractivity (Wildman–Crippen MR) is 92.0 cm³/mol. The normalized spacial score (nSPS) is 13.3. The van der Waals surface area contributed by atoms with Gasteiger partial charge in [-0.3, -0.25) is 4.79 Å². The summed E-state index contributed by atoms with van der Waals surface area (Å²) in [5.74, 6) is 0.546. The minimum Gasteiger partial charge on any atom is -0.481 e. The molecule has 1 amide bonds. The van der Waals surface area contributed by atoms with Crippen molar-refractivity contribution in [3.8, 4) is 5.75 Å². The Morgan fingerprint density at radius 1 is 1.05 bits per heavy atom. The molecule has 0 heterocycles. The van der Waals surface area contributed by atoms with Crippen LogP contribution in [0.25, 0.3) is 0 Å². The van der Waals surface area contributed by atoms with Gasteiger partial charge < -0.3 is 10.1 Å². The van der Waals surface area contributed by atoms with Gasteiger partial charge in [-0.15, -0.1) is 0 Å². The van der Waals surface area contributed by atoms with E-state index in [0.29, 0.717) is 5.75 Å². The second-order valence-electron chi connectivity index (χ2n) is 5.35. The fraction of sp³-hybridized carbons (Fsp3) is 0.278. The van der Waals surface area contributed by atoms with Gasteiger partial charge in [-0.05, 0) is 50.6 Å². The van der Waals surface area contributed by atoms with Crippen molar-refractivity contribution in [2.75, 3.05) is 0 Å². The van der Waals surface area contributed by atoms with Crippen LogP contribution in [-0.4, -0.2) is 12.0 Å². The monoisotopic (exact) mass is 361 g/mol. The molecule has 116 valence electrons. The molecule has 0 bridgehead atoms. The van der Waals surface area contributed by atoms with E-state index in [-0.39, 0.29) is 11.9 Å². The number of hydrogen-bond donors (Lipinski definition) is 1. The van der Waals surface area contributed by atoms with Crippen LogP contribution in [0.1, 0.15) is 31.0 Å². The van der Waals surface area contributed by atoms with Crippen LogP contribution in [0.15, 0.2) is 53.0 Å². The van der Waals surface area contributed by atoms with E-state index in [9.17, 15) is 4.79 Å². The highest BCUT2D eigenvalue weighted by Gasteiger charge is 2.17. The lowest BCUT2D eigenvalue weighted by Gasteiger charge is -2.19. The van der Waals surface area contributed by atoms with Gasteiger partial charge in [0.2, 0.25) is 0 Å². The molecule has 0 saturated heterocycles. The number of rotatable bonds is 5. The minimum atomic E-state index is -0.547. The predicted octanol–water partition coefficient (Wildman–Crippen LogP) is 4.40. The van der Waals surface area contributed by atoms with Gasteiger partial charge in [-0.1, -0.05) is 45.8 Å². The van der Waals surface area contributed by atoms with Gasteiger partial charge in [0.25, 0.3) is 5.91 Å². The number of hydrogen-bond acceptors (Lipinski definition) is 2. The summed E-state index contributed by atoms with van der Waals surface area (Å²) in [7, 11) is 0. The second kappa shape index (κ2) is 7.45. The van der Waals surface area contributed by atoms with Crippen LogP contribution in [0.4, 0.5) is 0 Å². The lowest BCUT2D eigenvalue weighted by Crippen LogP contribution is -2.37. The summed E-state index contributed by atoms with van der Waals surface area (Å²) in [5.41, 5.74) is 2.28. The standard InChI is InChI=1S/C18H20BrNO2/c1-12-4-6-15(7-5-12)13(2)20-18(21)14(3)22-17-10-8-16(19)9-11-17/h4-11,13-14H,1-3H3,(H,20,21)/t13-,14-/m1/s1. The maximum Gasteiger partial charge on any atom is 0.261 e. The van der Waals surface area contributed by atoms with E-state index >= 15 is 0 Å². The van der Waals surface area contributed by atoms with E-state index < -0.39 is 6.10 Å². The largest absolute Gasteiger partial charge is 0.481 e. The molecule has 2 rings (SSSR count). The number of ether oxygens (including phenoxy) is 1. The van der Waals surface area contributed by atoms with Crippen molar-refractivity contribution in [3.05, 3.63) is 64.1 Å². The van der Waals surface area contributed by atoms with E-state index in [1.165, 1.54) is 5.56 Å². The average Bonchev–Trinajstić information content (AvgIpc) is 2.50. The summed E-state index contributed by atoms with van der Waals surface area (Å²) in [4.78, 5) is 12.2. The zero-order valence-electron chi connectivity index (χ0n) is 13.0. The molecule has 0 saturated carbocycles. The molecule has 2 aromatic carbocycles. The third-order valence-electron chi connectivity index (χ3n) is 3.43. The molecule has 4 heteroatoms. The fourth-order valence-corrected chi connectivity index (χ4v) is 2.30. The molecule has 0 unspecified atom stereocenters. The molecule has 0 aromatic heterocycles. The van der Waals surface area contributed by atoms with E-state index in [2.05, 4.69) is 21.2 Å². The maximum atomic E-state index is 12.2. The first-order valence-electron chi connectivity index (χ1n) is 7.25. The number of nitrogens with one attached hydrogen (secondary N) is 1. The summed E-state index contributed by atoms with van der Waals surface area (Å²) in [6.45, 7) is 5.76. The quantitative estimate of drug-likeness (QED) is 0.856. The van der Waals surface area contributed by atoms with E-state index in [1.807, 2.05) is 62.4 Å². The van der Waals surface area contributed by atoms with Gasteiger partial charge in [0.05, 0.1) is 6.04 Å². The molecule has 0 fully saturated rings. The molecular formula is C18H20BrNO2. The second-order valence-corrected chi connectivity index (χ2v) is 6.27. The lowest BCUT2D eigenvalue weighted by atomic mass is 10.1.